The van der Waals surface area contributed by atoms with Crippen LogP contribution in [0.1, 0.15) is 18.2 Å². The Morgan fingerprint density at radius 1 is 1.41 bits per heavy atom. The Hall–Kier alpha value is -0.800. The van der Waals surface area contributed by atoms with Crippen molar-refractivity contribution in [3.8, 4) is 0 Å². The van der Waals surface area contributed by atoms with Gasteiger partial charge < -0.3 is 9.80 Å². The Morgan fingerprint density at radius 2 is 2.18 bits per heavy atom. The van der Waals surface area contributed by atoms with Gasteiger partial charge in [0.1, 0.15) is 5.82 Å². The molecule has 1 unspecified atom stereocenters. The molecule has 1 atom stereocenters. The maximum atomic E-state index is 5.91. The molecule has 1 aromatic heterocycles. The average Bonchev–Trinajstić information content (AvgIpc) is 2.32. The van der Waals surface area contributed by atoms with Crippen LogP contribution in [0.5, 0.6) is 0 Å². The highest BCUT2D eigenvalue weighted by Gasteiger charge is 2.21. The highest BCUT2D eigenvalue weighted by Crippen LogP contribution is 2.19. The molecule has 2 heterocycles. The van der Waals surface area contributed by atoms with E-state index in [4.69, 9.17) is 11.6 Å². The first-order chi connectivity index (χ1) is 8.10. The van der Waals surface area contributed by atoms with Gasteiger partial charge >= 0.3 is 0 Å². The van der Waals surface area contributed by atoms with Crippen LogP contribution >= 0.6 is 11.6 Å². The first-order valence-electron chi connectivity index (χ1n) is 6.09. The van der Waals surface area contributed by atoms with Crippen LogP contribution in [0.15, 0.2) is 12.1 Å². The summed E-state index contributed by atoms with van der Waals surface area (Å²) < 4.78 is 0. The smallest absolute Gasteiger partial charge is 0.129 e. The van der Waals surface area contributed by atoms with E-state index in [9.17, 15) is 0 Å². The number of pyridine rings is 1. The van der Waals surface area contributed by atoms with Gasteiger partial charge in [0.15, 0.2) is 0 Å². The first kappa shape index (κ1) is 12.7. The van der Waals surface area contributed by atoms with E-state index < -0.39 is 0 Å². The van der Waals surface area contributed by atoms with Crippen LogP contribution in [0.3, 0.4) is 0 Å². The van der Waals surface area contributed by atoms with Gasteiger partial charge in [0.2, 0.25) is 0 Å². The molecule has 0 aromatic carbocycles. The van der Waals surface area contributed by atoms with E-state index in [1.165, 1.54) is 0 Å². The highest BCUT2D eigenvalue weighted by atomic mass is 35.5. The third-order valence-corrected chi connectivity index (χ3v) is 3.75. The first-order valence-corrected chi connectivity index (χ1v) is 6.62. The molecular weight excluding hydrogens is 234 g/mol. The topological polar surface area (TPSA) is 19.4 Å². The number of hydrogen-bond donors (Lipinski definition) is 0. The fourth-order valence-electron chi connectivity index (χ4n) is 2.22. The second-order valence-corrected chi connectivity index (χ2v) is 5.15. The van der Waals surface area contributed by atoms with Gasteiger partial charge in [-0.05, 0) is 38.6 Å². The fourth-order valence-corrected chi connectivity index (χ4v) is 2.37. The van der Waals surface area contributed by atoms with Crippen molar-refractivity contribution in [1.29, 1.82) is 0 Å². The summed E-state index contributed by atoms with van der Waals surface area (Å²) in [5.41, 5.74) is 2.20. The molecule has 17 heavy (non-hydrogen) atoms. The second-order valence-electron chi connectivity index (χ2n) is 4.88. The van der Waals surface area contributed by atoms with Crippen molar-refractivity contribution in [2.45, 2.75) is 25.8 Å². The summed E-state index contributed by atoms with van der Waals surface area (Å²) in [6.45, 7) is 7.45. The zero-order chi connectivity index (χ0) is 12.4. The lowest BCUT2D eigenvalue weighted by atomic mass is 10.2. The molecule has 0 spiro atoms. The summed E-state index contributed by atoms with van der Waals surface area (Å²) in [4.78, 5) is 9.35. The van der Waals surface area contributed by atoms with Crippen LogP contribution in [0.25, 0.3) is 0 Å². The van der Waals surface area contributed by atoms with E-state index in [0.29, 0.717) is 11.9 Å². The molecule has 2 rings (SSSR count). The van der Waals surface area contributed by atoms with Crippen molar-refractivity contribution in [2.24, 2.45) is 0 Å². The number of anilines is 1. The zero-order valence-corrected chi connectivity index (χ0v) is 11.5. The van der Waals surface area contributed by atoms with Crippen LogP contribution in [0, 0.1) is 6.92 Å². The number of hydrogen-bond acceptors (Lipinski definition) is 3. The Bertz CT molecular complexity index is 394. The summed E-state index contributed by atoms with van der Waals surface area (Å²) in [5, 5.41) is 0. The standard InChI is InChI=1S/C13H20ClN3/c1-10-6-12(8-14)7-13(15-10)17-5-4-16(3)11(2)9-17/h6-7,11H,4-5,8-9H2,1-3H3. The number of aryl methyl sites for hydroxylation is 1. The van der Waals surface area contributed by atoms with Crippen molar-refractivity contribution in [1.82, 2.24) is 9.88 Å². The Kier molecular flexibility index (Phi) is 3.89. The lowest BCUT2D eigenvalue weighted by Gasteiger charge is -2.38. The van der Waals surface area contributed by atoms with Gasteiger partial charge in [-0.25, -0.2) is 4.98 Å². The highest BCUT2D eigenvalue weighted by molar-refractivity contribution is 6.17. The van der Waals surface area contributed by atoms with E-state index in [1.807, 2.05) is 6.92 Å². The van der Waals surface area contributed by atoms with Crippen molar-refractivity contribution in [3.63, 3.8) is 0 Å². The van der Waals surface area contributed by atoms with Gasteiger partial charge in [-0.1, -0.05) is 0 Å². The average molecular weight is 254 g/mol. The summed E-state index contributed by atoms with van der Waals surface area (Å²) in [5.74, 6) is 1.63. The van der Waals surface area contributed by atoms with Gasteiger partial charge in [-0.2, -0.15) is 0 Å². The van der Waals surface area contributed by atoms with Gasteiger partial charge in [-0.15, -0.1) is 11.6 Å². The molecule has 0 amide bonds. The molecule has 0 radical (unpaired) electrons. The molecule has 1 aliphatic rings. The van der Waals surface area contributed by atoms with Crippen LogP contribution in [-0.4, -0.2) is 42.6 Å². The number of aromatic nitrogens is 1. The molecule has 0 bridgehead atoms. The predicted octanol–water partition coefficient (Wildman–Crippen LogP) is 2.27. The van der Waals surface area contributed by atoms with E-state index in [-0.39, 0.29) is 0 Å². The van der Waals surface area contributed by atoms with Crippen LogP contribution in [0.2, 0.25) is 0 Å². The Morgan fingerprint density at radius 3 is 2.82 bits per heavy atom. The van der Waals surface area contributed by atoms with Gasteiger partial charge in [0.25, 0.3) is 0 Å². The molecule has 1 aromatic rings. The van der Waals surface area contributed by atoms with Gasteiger partial charge in [0, 0.05) is 37.3 Å². The predicted molar refractivity (Wildman–Crippen MR) is 72.8 cm³/mol. The van der Waals surface area contributed by atoms with Crippen molar-refractivity contribution < 1.29 is 0 Å². The minimum absolute atomic E-state index is 0.555. The summed E-state index contributed by atoms with van der Waals surface area (Å²) in [6.07, 6.45) is 0. The minimum atomic E-state index is 0.555. The lowest BCUT2D eigenvalue weighted by Crippen LogP contribution is -2.50. The summed E-state index contributed by atoms with van der Waals surface area (Å²) in [6, 6.07) is 4.74. The third kappa shape index (κ3) is 2.90. The summed E-state index contributed by atoms with van der Waals surface area (Å²) >= 11 is 5.91. The van der Waals surface area contributed by atoms with Gasteiger partial charge in [0.05, 0.1) is 0 Å². The Labute approximate surface area is 108 Å². The molecule has 1 saturated heterocycles. The molecule has 4 heteroatoms. The van der Waals surface area contributed by atoms with Crippen LogP contribution < -0.4 is 4.90 Å². The monoisotopic (exact) mass is 253 g/mol. The number of rotatable bonds is 2. The largest absolute Gasteiger partial charge is 0.354 e. The zero-order valence-electron chi connectivity index (χ0n) is 10.8. The molecule has 1 fully saturated rings. The van der Waals surface area contributed by atoms with E-state index in [0.717, 1.165) is 36.7 Å². The number of piperazine rings is 1. The number of likely N-dealkylation sites (N-methyl/N-ethyl adjacent to an activating group) is 1. The SMILES string of the molecule is Cc1cc(CCl)cc(N2CCN(C)C(C)C2)n1. The van der Waals surface area contributed by atoms with Crippen molar-refractivity contribution >= 4 is 17.4 Å². The van der Waals surface area contributed by atoms with Crippen molar-refractivity contribution in [3.05, 3.63) is 23.4 Å². The van der Waals surface area contributed by atoms with Gasteiger partial charge in [-0.3, -0.25) is 0 Å². The fraction of sp³-hybridized carbons (Fsp3) is 0.615. The quantitative estimate of drug-likeness (QED) is 0.754. The molecule has 1 aliphatic heterocycles. The number of halogens is 1. The minimum Gasteiger partial charge on any atom is -0.354 e. The number of alkyl halides is 1. The maximum absolute atomic E-state index is 5.91. The molecule has 0 aliphatic carbocycles. The van der Waals surface area contributed by atoms with Crippen LogP contribution in [-0.2, 0) is 5.88 Å². The normalized spacial score (nSPS) is 21.9. The molecular formula is C13H20ClN3. The molecule has 94 valence electrons. The molecule has 0 saturated carbocycles. The Balaban J connectivity index is 2.19. The third-order valence-electron chi connectivity index (χ3n) is 3.44. The second kappa shape index (κ2) is 5.23. The van der Waals surface area contributed by atoms with E-state index in [2.05, 4.69) is 40.9 Å². The van der Waals surface area contributed by atoms with Crippen molar-refractivity contribution in [2.75, 3.05) is 31.6 Å². The van der Waals surface area contributed by atoms with E-state index in [1.54, 1.807) is 0 Å². The molecule has 3 nitrogen and oxygen atoms in total. The molecule has 0 N–H and O–H groups in total. The van der Waals surface area contributed by atoms with Crippen LogP contribution in [0.4, 0.5) is 5.82 Å². The number of nitrogens with zero attached hydrogens (tertiary/aromatic N) is 3. The lowest BCUT2D eigenvalue weighted by molar-refractivity contribution is 0.233. The van der Waals surface area contributed by atoms with E-state index >= 15 is 0 Å². The summed E-state index contributed by atoms with van der Waals surface area (Å²) in [7, 11) is 2.18. The maximum Gasteiger partial charge on any atom is 0.129 e.